The van der Waals surface area contributed by atoms with Crippen LogP contribution in [0.4, 0.5) is 10.1 Å². The fraction of sp³-hybridized carbons (Fsp3) is 0.316. The lowest BCUT2D eigenvalue weighted by molar-refractivity contribution is -0.119. The Labute approximate surface area is 168 Å². The van der Waals surface area contributed by atoms with Crippen molar-refractivity contribution in [3.8, 4) is 5.75 Å². The highest BCUT2D eigenvalue weighted by molar-refractivity contribution is 7.89. The highest BCUT2D eigenvalue weighted by Crippen LogP contribution is 2.31. The molecule has 1 aliphatic rings. The number of rotatable bonds is 5. The molecule has 0 aliphatic carbocycles. The Morgan fingerprint density at radius 2 is 2.04 bits per heavy atom. The van der Waals surface area contributed by atoms with Gasteiger partial charge in [0, 0.05) is 18.3 Å². The number of aryl methyl sites for hydroxylation is 1. The molecular formula is C19H20ClFN2O4S. The van der Waals surface area contributed by atoms with Gasteiger partial charge in [-0.15, -0.1) is 0 Å². The molecule has 0 spiro atoms. The first-order chi connectivity index (χ1) is 13.2. The lowest BCUT2D eigenvalue weighted by Gasteiger charge is -2.24. The summed E-state index contributed by atoms with van der Waals surface area (Å²) in [7, 11) is -2.44. The molecule has 0 saturated carbocycles. The van der Waals surface area contributed by atoms with E-state index < -0.39 is 27.8 Å². The topological polar surface area (TPSA) is 75.7 Å². The second-order valence-corrected chi connectivity index (χ2v) is 8.79. The molecule has 1 fully saturated rings. The molecule has 9 heteroatoms. The second kappa shape index (κ2) is 8.06. The first-order valence-corrected chi connectivity index (χ1v) is 10.5. The fourth-order valence-electron chi connectivity index (χ4n) is 3.20. The van der Waals surface area contributed by atoms with Gasteiger partial charge in [-0.05, 0) is 49.6 Å². The third kappa shape index (κ3) is 3.99. The molecule has 0 bridgehead atoms. The Balaban J connectivity index is 1.87. The maximum Gasteiger partial charge on any atom is 0.244 e. The summed E-state index contributed by atoms with van der Waals surface area (Å²) in [5, 5.41) is 2.50. The van der Waals surface area contributed by atoms with Crippen molar-refractivity contribution in [3.05, 3.63) is 52.8 Å². The SMILES string of the molecule is COc1ccc(C)c(S(=O)(=O)N2CCC[C@@H]2C(=O)Nc2ccc(F)c(Cl)c2)c1. The number of nitrogens with zero attached hydrogens (tertiary/aromatic N) is 1. The zero-order chi connectivity index (χ0) is 20.5. The van der Waals surface area contributed by atoms with Crippen molar-refractivity contribution >= 4 is 33.2 Å². The Bertz CT molecular complexity index is 1010. The zero-order valence-electron chi connectivity index (χ0n) is 15.4. The van der Waals surface area contributed by atoms with Gasteiger partial charge in [0.05, 0.1) is 17.0 Å². The summed E-state index contributed by atoms with van der Waals surface area (Å²) in [6, 6.07) is 7.74. The van der Waals surface area contributed by atoms with E-state index in [0.29, 0.717) is 29.8 Å². The van der Waals surface area contributed by atoms with Crippen LogP contribution in [0.2, 0.25) is 5.02 Å². The molecule has 150 valence electrons. The molecule has 1 saturated heterocycles. The third-order valence-electron chi connectivity index (χ3n) is 4.68. The number of sulfonamides is 1. The number of methoxy groups -OCH3 is 1. The van der Waals surface area contributed by atoms with Gasteiger partial charge in [-0.3, -0.25) is 4.79 Å². The molecule has 1 aliphatic heterocycles. The predicted molar refractivity (Wildman–Crippen MR) is 105 cm³/mol. The minimum Gasteiger partial charge on any atom is -0.497 e. The molecule has 0 aromatic heterocycles. The van der Waals surface area contributed by atoms with Gasteiger partial charge in [0.25, 0.3) is 0 Å². The van der Waals surface area contributed by atoms with Crippen molar-refractivity contribution in [2.45, 2.75) is 30.7 Å². The van der Waals surface area contributed by atoms with E-state index in [9.17, 15) is 17.6 Å². The number of benzene rings is 2. The predicted octanol–water partition coefficient (Wildman–Crippen LogP) is 3.59. The van der Waals surface area contributed by atoms with Crippen molar-refractivity contribution in [1.82, 2.24) is 4.31 Å². The van der Waals surface area contributed by atoms with E-state index in [1.165, 1.54) is 29.6 Å². The van der Waals surface area contributed by atoms with Gasteiger partial charge in [-0.2, -0.15) is 4.31 Å². The molecule has 6 nitrogen and oxygen atoms in total. The molecule has 1 atom stereocenters. The van der Waals surface area contributed by atoms with Crippen LogP contribution in [-0.2, 0) is 14.8 Å². The largest absolute Gasteiger partial charge is 0.497 e. The number of hydrogen-bond donors (Lipinski definition) is 1. The quantitative estimate of drug-likeness (QED) is 0.792. The summed E-state index contributed by atoms with van der Waals surface area (Å²) in [4.78, 5) is 12.8. The molecule has 1 N–H and O–H groups in total. The maximum atomic E-state index is 13.3. The van der Waals surface area contributed by atoms with E-state index >= 15 is 0 Å². The highest BCUT2D eigenvalue weighted by atomic mass is 35.5. The highest BCUT2D eigenvalue weighted by Gasteiger charge is 2.40. The van der Waals surface area contributed by atoms with Gasteiger partial charge in [0.1, 0.15) is 17.6 Å². The Kier molecular flexibility index (Phi) is 5.92. The van der Waals surface area contributed by atoms with E-state index in [0.717, 1.165) is 6.07 Å². The standard InChI is InChI=1S/C19H20ClFN2O4S/c1-12-5-7-14(27-2)11-18(12)28(25,26)23-9-3-4-17(23)19(24)22-13-6-8-16(21)15(20)10-13/h5-8,10-11,17H,3-4,9H2,1-2H3,(H,22,24)/t17-/m1/s1. The van der Waals surface area contributed by atoms with E-state index in [1.54, 1.807) is 19.1 Å². The minimum atomic E-state index is -3.90. The first-order valence-electron chi connectivity index (χ1n) is 8.66. The molecular weight excluding hydrogens is 407 g/mol. The molecule has 1 amide bonds. The third-order valence-corrected chi connectivity index (χ3v) is 7.02. The van der Waals surface area contributed by atoms with Gasteiger partial charge >= 0.3 is 0 Å². The Morgan fingerprint density at radius 1 is 1.29 bits per heavy atom. The smallest absolute Gasteiger partial charge is 0.244 e. The molecule has 0 unspecified atom stereocenters. The minimum absolute atomic E-state index is 0.108. The molecule has 0 radical (unpaired) electrons. The summed E-state index contributed by atoms with van der Waals surface area (Å²) in [5.74, 6) is -0.659. The first kappa shape index (κ1) is 20.6. The fourth-order valence-corrected chi connectivity index (χ4v) is 5.28. The number of carbonyl (C=O) groups excluding carboxylic acids is 1. The molecule has 2 aromatic rings. The Morgan fingerprint density at radius 3 is 2.71 bits per heavy atom. The second-order valence-electron chi connectivity index (χ2n) is 6.52. The van der Waals surface area contributed by atoms with Crippen LogP contribution in [0, 0.1) is 12.7 Å². The Hall–Kier alpha value is -2.16. The van der Waals surface area contributed by atoms with Gasteiger partial charge in [0.2, 0.25) is 15.9 Å². The number of hydrogen-bond acceptors (Lipinski definition) is 4. The van der Waals surface area contributed by atoms with Crippen molar-refractivity contribution in [1.29, 1.82) is 0 Å². The number of anilines is 1. The van der Waals surface area contributed by atoms with Crippen LogP contribution in [0.25, 0.3) is 0 Å². The number of ether oxygens (including phenoxy) is 1. The average Bonchev–Trinajstić information content (AvgIpc) is 3.16. The van der Waals surface area contributed by atoms with Gasteiger partial charge in [0.15, 0.2) is 0 Å². The number of halogens is 2. The number of amides is 1. The van der Waals surface area contributed by atoms with Crippen LogP contribution in [0.15, 0.2) is 41.3 Å². The molecule has 28 heavy (non-hydrogen) atoms. The van der Waals surface area contributed by atoms with Crippen LogP contribution < -0.4 is 10.1 Å². The summed E-state index contributed by atoms with van der Waals surface area (Å²) in [6.45, 7) is 1.93. The van der Waals surface area contributed by atoms with E-state index in [-0.39, 0.29) is 16.5 Å². The number of carbonyl (C=O) groups is 1. The van der Waals surface area contributed by atoms with Gasteiger partial charge < -0.3 is 10.1 Å². The van der Waals surface area contributed by atoms with E-state index in [4.69, 9.17) is 16.3 Å². The summed E-state index contributed by atoms with van der Waals surface area (Å²) >= 11 is 5.74. The lowest BCUT2D eigenvalue weighted by Crippen LogP contribution is -2.43. The molecule has 3 rings (SSSR count). The van der Waals surface area contributed by atoms with Gasteiger partial charge in [-0.1, -0.05) is 17.7 Å². The molecule has 1 heterocycles. The van der Waals surface area contributed by atoms with Crippen LogP contribution in [0.3, 0.4) is 0 Å². The molecule has 2 aromatic carbocycles. The summed E-state index contributed by atoms with van der Waals surface area (Å²) in [5.41, 5.74) is 0.871. The van der Waals surface area contributed by atoms with E-state index in [2.05, 4.69) is 5.32 Å². The van der Waals surface area contributed by atoms with Crippen molar-refractivity contribution in [2.75, 3.05) is 19.0 Å². The number of nitrogens with one attached hydrogen (secondary N) is 1. The van der Waals surface area contributed by atoms with Crippen molar-refractivity contribution in [2.24, 2.45) is 0 Å². The maximum absolute atomic E-state index is 13.3. The van der Waals surface area contributed by atoms with Gasteiger partial charge in [-0.25, -0.2) is 12.8 Å². The lowest BCUT2D eigenvalue weighted by atomic mass is 10.2. The van der Waals surface area contributed by atoms with Crippen LogP contribution in [0.1, 0.15) is 18.4 Å². The normalized spacial score (nSPS) is 17.5. The average molecular weight is 427 g/mol. The van der Waals surface area contributed by atoms with Crippen LogP contribution in [0.5, 0.6) is 5.75 Å². The monoisotopic (exact) mass is 426 g/mol. The van der Waals surface area contributed by atoms with E-state index in [1.807, 2.05) is 0 Å². The summed E-state index contributed by atoms with van der Waals surface area (Å²) in [6.07, 6.45) is 0.952. The van der Waals surface area contributed by atoms with Crippen LogP contribution >= 0.6 is 11.6 Å². The van der Waals surface area contributed by atoms with Crippen molar-refractivity contribution in [3.63, 3.8) is 0 Å². The van der Waals surface area contributed by atoms with Crippen LogP contribution in [-0.4, -0.2) is 38.3 Å². The summed E-state index contributed by atoms with van der Waals surface area (Å²) < 4.78 is 46.1. The zero-order valence-corrected chi connectivity index (χ0v) is 17.0. The van der Waals surface area contributed by atoms with Crippen molar-refractivity contribution < 1.29 is 22.3 Å².